The molecule has 88 valence electrons. The predicted molar refractivity (Wildman–Crippen MR) is 64.2 cm³/mol. The fourth-order valence-electron chi connectivity index (χ4n) is 2.23. The van der Waals surface area contributed by atoms with E-state index >= 15 is 0 Å². The summed E-state index contributed by atoms with van der Waals surface area (Å²) in [5.41, 5.74) is 1.29. The zero-order valence-electron chi connectivity index (χ0n) is 10.0. The zero-order valence-corrected chi connectivity index (χ0v) is 10.0. The van der Waals surface area contributed by atoms with E-state index in [1.165, 1.54) is 12.0 Å². The first kappa shape index (κ1) is 11.6. The Balaban J connectivity index is 1.89. The molecule has 3 nitrogen and oxygen atoms in total. The van der Waals surface area contributed by atoms with Crippen LogP contribution in [0.2, 0.25) is 0 Å². The molecule has 3 atom stereocenters. The molecule has 0 saturated carbocycles. The Labute approximate surface area is 97.2 Å². The van der Waals surface area contributed by atoms with E-state index in [0.717, 1.165) is 13.2 Å². The first-order valence-electron chi connectivity index (χ1n) is 6.01. The Kier molecular flexibility index (Phi) is 3.91. The molecule has 1 fully saturated rings. The topological polar surface area (TPSA) is 34.2 Å². The van der Waals surface area contributed by atoms with Crippen molar-refractivity contribution in [1.82, 2.24) is 10.3 Å². The average molecular weight is 220 g/mol. The molecule has 0 amide bonds. The van der Waals surface area contributed by atoms with Gasteiger partial charge in [0.25, 0.3) is 0 Å². The van der Waals surface area contributed by atoms with E-state index < -0.39 is 0 Å². The molecule has 1 aromatic rings. The minimum absolute atomic E-state index is 0.374. The summed E-state index contributed by atoms with van der Waals surface area (Å²) in [7, 11) is 0. The van der Waals surface area contributed by atoms with Gasteiger partial charge in [-0.15, -0.1) is 0 Å². The van der Waals surface area contributed by atoms with Gasteiger partial charge in [-0.3, -0.25) is 4.98 Å². The second-order valence-electron chi connectivity index (χ2n) is 4.58. The van der Waals surface area contributed by atoms with Crippen molar-refractivity contribution in [2.45, 2.75) is 32.4 Å². The van der Waals surface area contributed by atoms with Gasteiger partial charge in [-0.05, 0) is 43.9 Å². The highest BCUT2D eigenvalue weighted by molar-refractivity contribution is 5.14. The summed E-state index contributed by atoms with van der Waals surface area (Å²) in [6.45, 7) is 6.26. The van der Waals surface area contributed by atoms with Crippen LogP contribution in [0.25, 0.3) is 0 Å². The molecule has 1 N–H and O–H groups in total. The number of hydrogen-bond acceptors (Lipinski definition) is 3. The largest absolute Gasteiger partial charge is 0.381 e. The zero-order chi connectivity index (χ0) is 11.4. The third-order valence-corrected chi connectivity index (χ3v) is 3.39. The van der Waals surface area contributed by atoms with Gasteiger partial charge in [0.15, 0.2) is 0 Å². The lowest BCUT2D eigenvalue weighted by molar-refractivity contribution is 0.177. The maximum Gasteiger partial charge on any atom is 0.0509 e. The lowest BCUT2D eigenvalue weighted by atomic mass is 9.99. The Hall–Kier alpha value is -0.930. The quantitative estimate of drug-likeness (QED) is 0.844. The number of aromatic nitrogens is 1. The van der Waals surface area contributed by atoms with E-state index in [0.29, 0.717) is 18.0 Å². The van der Waals surface area contributed by atoms with Crippen molar-refractivity contribution < 1.29 is 4.74 Å². The Bertz CT molecular complexity index is 309. The van der Waals surface area contributed by atoms with E-state index in [4.69, 9.17) is 4.74 Å². The van der Waals surface area contributed by atoms with Crippen molar-refractivity contribution in [1.29, 1.82) is 0 Å². The molecule has 0 aromatic carbocycles. The minimum atomic E-state index is 0.374. The second-order valence-corrected chi connectivity index (χ2v) is 4.58. The number of ether oxygens (including phenoxy) is 1. The van der Waals surface area contributed by atoms with E-state index in [-0.39, 0.29) is 0 Å². The fourth-order valence-corrected chi connectivity index (χ4v) is 2.23. The van der Waals surface area contributed by atoms with Gasteiger partial charge in [-0.25, -0.2) is 0 Å². The number of nitrogens with zero attached hydrogens (tertiary/aromatic N) is 1. The number of pyridine rings is 1. The number of hydrogen-bond donors (Lipinski definition) is 1. The standard InChI is InChI=1S/C13H20N2O/c1-10(12-3-6-14-7-4-12)15-11(2)13-5-8-16-9-13/h3-4,6-7,10-11,13,15H,5,8-9H2,1-2H3/t10-,11?,13?/m1/s1. The van der Waals surface area contributed by atoms with Gasteiger partial charge in [-0.1, -0.05) is 0 Å². The molecule has 0 aliphatic carbocycles. The smallest absolute Gasteiger partial charge is 0.0509 e. The van der Waals surface area contributed by atoms with Crippen LogP contribution in [0.1, 0.15) is 31.9 Å². The van der Waals surface area contributed by atoms with Gasteiger partial charge in [-0.2, -0.15) is 0 Å². The van der Waals surface area contributed by atoms with Crippen molar-refractivity contribution in [2.24, 2.45) is 5.92 Å². The highest BCUT2D eigenvalue weighted by atomic mass is 16.5. The molecule has 1 aliphatic heterocycles. The summed E-state index contributed by atoms with van der Waals surface area (Å²) in [4.78, 5) is 4.04. The molecular weight excluding hydrogens is 200 g/mol. The average Bonchev–Trinajstić information content (AvgIpc) is 2.83. The Morgan fingerprint density at radius 3 is 2.75 bits per heavy atom. The van der Waals surface area contributed by atoms with Crippen LogP contribution in [-0.2, 0) is 4.74 Å². The van der Waals surface area contributed by atoms with E-state index in [1.54, 1.807) is 0 Å². The van der Waals surface area contributed by atoms with Crippen molar-refractivity contribution in [2.75, 3.05) is 13.2 Å². The van der Waals surface area contributed by atoms with Crippen LogP contribution >= 0.6 is 0 Å². The maximum absolute atomic E-state index is 5.42. The van der Waals surface area contributed by atoms with Gasteiger partial charge in [0.2, 0.25) is 0 Å². The van der Waals surface area contributed by atoms with Crippen LogP contribution in [0, 0.1) is 5.92 Å². The molecule has 1 aliphatic rings. The van der Waals surface area contributed by atoms with Crippen LogP contribution in [-0.4, -0.2) is 24.2 Å². The monoisotopic (exact) mass is 220 g/mol. The molecular formula is C13H20N2O. The Morgan fingerprint density at radius 1 is 1.38 bits per heavy atom. The number of rotatable bonds is 4. The predicted octanol–water partition coefficient (Wildman–Crippen LogP) is 2.16. The first-order chi connectivity index (χ1) is 7.77. The third-order valence-electron chi connectivity index (χ3n) is 3.39. The summed E-state index contributed by atoms with van der Waals surface area (Å²) >= 11 is 0. The van der Waals surface area contributed by atoms with E-state index in [9.17, 15) is 0 Å². The van der Waals surface area contributed by atoms with Gasteiger partial charge in [0.05, 0.1) is 6.61 Å². The molecule has 0 radical (unpaired) electrons. The number of nitrogens with one attached hydrogen (secondary N) is 1. The lowest BCUT2D eigenvalue weighted by Crippen LogP contribution is -2.35. The van der Waals surface area contributed by atoms with Gasteiger partial charge in [0, 0.05) is 31.1 Å². The Morgan fingerprint density at radius 2 is 2.12 bits per heavy atom. The summed E-state index contributed by atoms with van der Waals surface area (Å²) in [5, 5.41) is 3.63. The first-order valence-corrected chi connectivity index (χ1v) is 6.01. The summed E-state index contributed by atoms with van der Waals surface area (Å²) < 4.78 is 5.42. The van der Waals surface area contributed by atoms with Gasteiger partial charge >= 0.3 is 0 Å². The van der Waals surface area contributed by atoms with Crippen molar-refractivity contribution in [3.05, 3.63) is 30.1 Å². The molecule has 2 heterocycles. The van der Waals surface area contributed by atoms with E-state index in [2.05, 4.69) is 36.3 Å². The van der Waals surface area contributed by atoms with Gasteiger partial charge < -0.3 is 10.1 Å². The van der Waals surface area contributed by atoms with Crippen LogP contribution in [0.4, 0.5) is 0 Å². The van der Waals surface area contributed by atoms with Crippen LogP contribution in [0.15, 0.2) is 24.5 Å². The SMILES string of the molecule is CC(N[C@H](C)c1ccncc1)C1CCOC1. The molecule has 16 heavy (non-hydrogen) atoms. The summed E-state index contributed by atoms with van der Waals surface area (Å²) in [6.07, 6.45) is 4.87. The molecule has 2 rings (SSSR count). The van der Waals surface area contributed by atoms with Crippen molar-refractivity contribution >= 4 is 0 Å². The molecule has 2 unspecified atom stereocenters. The summed E-state index contributed by atoms with van der Waals surface area (Å²) in [5.74, 6) is 0.657. The highest BCUT2D eigenvalue weighted by Crippen LogP contribution is 2.19. The molecule has 0 bridgehead atoms. The molecule has 0 spiro atoms. The van der Waals surface area contributed by atoms with Crippen LogP contribution < -0.4 is 5.32 Å². The van der Waals surface area contributed by atoms with Crippen molar-refractivity contribution in [3.8, 4) is 0 Å². The van der Waals surface area contributed by atoms with Gasteiger partial charge in [0.1, 0.15) is 0 Å². The fraction of sp³-hybridized carbons (Fsp3) is 0.615. The van der Waals surface area contributed by atoms with Crippen LogP contribution in [0.3, 0.4) is 0 Å². The maximum atomic E-state index is 5.42. The van der Waals surface area contributed by atoms with Crippen molar-refractivity contribution in [3.63, 3.8) is 0 Å². The molecule has 1 saturated heterocycles. The lowest BCUT2D eigenvalue weighted by Gasteiger charge is -2.24. The minimum Gasteiger partial charge on any atom is -0.381 e. The third kappa shape index (κ3) is 2.80. The molecule has 1 aromatic heterocycles. The molecule has 3 heteroatoms. The second kappa shape index (κ2) is 5.41. The van der Waals surface area contributed by atoms with Crippen LogP contribution in [0.5, 0.6) is 0 Å². The highest BCUT2D eigenvalue weighted by Gasteiger charge is 2.23. The van der Waals surface area contributed by atoms with E-state index in [1.807, 2.05) is 12.4 Å². The summed E-state index contributed by atoms with van der Waals surface area (Å²) in [6, 6.07) is 5.01. The normalized spacial score (nSPS) is 24.2.